The monoisotopic (exact) mass is 359 g/mol. The highest BCUT2D eigenvalue weighted by atomic mass is 35.5. The number of aldehydes is 1. The Bertz CT molecular complexity index is 1010. The first-order chi connectivity index (χ1) is 12.0. The summed E-state index contributed by atoms with van der Waals surface area (Å²) < 4.78 is 5.48. The van der Waals surface area contributed by atoms with Crippen LogP contribution in [0.15, 0.2) is 47.0 Å². The molecule has 0 unspecified atom stereocenters. The molecule has 0 fully saturated rings. The quantitative estimate of drug-likeness (QED) is 0.234. The van der Waals surface area contributed by atoms with E-state index in [1.165, 1.54) is 12.3 Å². The van der Waals surface area contributed by atoms with E-state index in [4.69, 9.17) is 16.0 Å². The highest BCUT2D eigenvalue weighted by Crippen LogP contribution is 2.29. The number of phenolic OH excluding ortho intramolecular Hbond substituents is 1. The summed E-state index contributed by atoms with van der Waals surface area (Å²) in [6, 6.07) is 8.32. The first-order valence-electron chi connectivity index (χ1n) is 6.93. The minimum atomic E-state index is -0.598. The third-order valence-corrected chi connectivity index (χ3v) is 3.53. The van der Waals surface area contributed by atoms with Crippen LogP contribution in [-0.2, 0) is 4.79 Å². The number of fused-ring (bicyclic) bond motifs is 1. The van der Waals surface area contributed by atoms with Crippen LogP contribution in [0.3, 0.4) is 0 Å². The van der Waals surface area contributed by atoms with Gasteiger partial charge in [-0.1, -0.05) is 11.6 Å². The maximum absolute atomic E-state index is 11.3. The van der Waals surface area contributed by atoms with Crippen molar-refractivity contribution >= 4 is 45.9 Å². The van der Waals surface area contributed by atoms with Gasteiger partial charge in [0.15, 0.2) is 11.9 Å². The molecule has 0 radical (unpaired) electrons. The molecule has 25 heavy (non-hydrogen) atoms. The molecule has 0 amide bonds. The lowest BCUT2D eigenvalue weighted by atomic mass is 10.2. The first kappa shape index (κ1) is 16.5. The standard InChI is InChI=1S/C16H10ClN3O5/c17-10-1-4-15-13(5-10)19-16(25-15)9(8-21)7-18-12-6-11(20(23)24)2-3-14(12)22/h1-8,18,22H/b9-7-. The molecule has 0 spiro atoms. The Hall–Kier alpha value is -3.39. The smallest absolute Gasteiger partial charge is 0.271 e. The summed E-state index contributed by atoms with van der Waals surface area (Å²) >= 11 is 5.88. The second-order valence-electron chi connectivity index (χ2n) is 4.95. The maximum Gasteiger partial charge on any atom is 0.271 e. The summed E-state index contributed by atoms with van der Waals surface area (Å²) in [5.41, 5.74) is 0.836. The Kier molecular flexibility index (Phi) is 4.36. The molecular formula is C16H10ClN3O5. The molecule has 0 saturated carbocycles. The Morgan fingerprint density at radius 3 is 2.84 bits per heavy atom. The molecule has 3 rings (SSSR count). The summed E-state index contributed by atoms with van der Waals surface area (Å²) in [6.07, 6.45) is 1.74. The molecule has 2 N–H and O–H groups in total. The number of rotatable bonds is 5. The minimum absolute atomic E-state index is 0.0460. The third-order valence-electron chi connectivity index (χ3n) is 3.30. The Labute approximate surface area is 145 Å². The van der Waals surface area contributed by atoms with Gasteiger partial charge in [0.05, 0.1) is 16.2 Å². The van der Waals surface area contributed by atoms with Crippen LogP contribution in [0, 0.1) is 10.1 Å². The molecule has 0 aliphatic carbocycles. The number of aromatic nitrogens is 1. The lowest BCUT2D eigenvalue weighted by Crippen LogP contribution is -1.95. The van der Waals surface area contributed by atoms with Crippen LogP contribution >= 0.6 is 11.6 Å². The molecule has 0 saturated heterocycles. The average Bonchev–Trinajstić information content (AvgIpc) is 2.99. The number of carbonyl (C=O) groups is 1. The zero-order valence-corrected chi connectivity index (χ0v) is 13.2. The highest BCUT2D eigenvalue weighted by Gasteiger charge is 2.13. The number of nitro groups is 1. The second kappa shape index (κ2) is 6.62. The van der Waals surface area contributed by atoms with Crippen molar-refractivity contribution in [2.45, 2.75) is 0 Å². The fourth-order valence-electron chi connectivity index (χ4n) is 2.08. The van der Waals surface area contributed by atoms with Crippen LogP contribution in [0.1, 0.15) is 5.89 Å². The molecule has 2 aromatic carbocycles. The molecule has 0 bridgehead atoms. The van der Waals surface area contributed by atoms with Gasteiger partial charge in [-0.3, -0.25) is 14.9 Å². The van der Waals surface area contributed by atoms with E-state index in [1.54, 1.807) is 18.2 Å². The van der Waals surface area contributed by atoms with E-state index < -0.39 is 4.92 Å². The van der Waals surface area contributed by atoms with Gasteiger partial charge in [-0.05, 0) is 24.3 Å². The predicted octanol–water partition coefficient (Wildman–Crippen LogP) is 3.75. The molecule has 0 aliphatic heterocycles. The Morgan fingerprint density at radius 1 is 1.32 bits per heavy atom. The normalized spacial score (nSPS) is 11.5. The molecule has 9 heteroatoms. The van der Waals surface area contributed by atoms with E-state index >= 15 is 0 Å². The van der Waals surface area contributed by atoms with E-state index in [9.17, 15) is 20.0 Å². The van der Waals surface area contributed by atoms with Crippen LogP contribution in [0.2, 0.25) is 5.02 Å². The summed E-state index contributed by atoms with van der Waals surface area (Å²) in [7, 11) is 0. The number of aromatic hydroxyl groups is 1. The Balaban J connectivity index is 1.93. The van der Waals surface area contributed by atoms with Crippen LogP contribution in [0.25, 0.3) is 16.7 Å². The van der Waals surface area contributed by atoms with Crippen LogP contribution < -0.4 is 5.32 Å². The number of benzene rings is 2. The number of hydrogen-bond acceptors (Lipinski definition) is 7. The van der Waals surface area contributed by atoms with Gasteiger partial charge in [0.25, 0.3) is 5.69 Å². The summed E-state index contributed by atoms with van der Waals surface area (Å²) in [5.74, 6) is -0.166. The molecule has 8 nitrogen and oxygen atoms in total. The van der Waals surface area contributed by atoms with Gasteiger partial charge in [0.1, 0.15) is 11.3 Å². The van der Waals surface area contributed by atoms with Gasteiger partial charge < -0.3 is 14.8 Å². The number of allylic oxidation sites excluding steroid dienone is 1. The van der Waals surface area contributed by atoms with Crippen LogP contribution in [0.4, 0.5) is 11.4 Å². The second-order valence-corrected chi connectivity index (χ2v) is 5.39. The molecule has 0 aliphatic rings. The van der Waals surface area contributed by atoms with Crippen molar-refractivity contribution < 1.29 is 19.2 Å². The highest BCUT2D eigenvalue weighted by molar-refractivity contribution is 6.31. The average molecular weight is 360 g/mol. The molecule has 1 aromatic heterocycles. The lowest BCUT2D eigenvalue weighted by Gasteiger charge is -2.04. The number of anilines is 1. The fourth-order valence-corrected chi connectivity index (χ4v) is 2.25. The van der Waals surface area contributed by atoms with Crippen molar-refractivity contribution in [2.24, 2.45) is 0 Å². The van der Waals surface area contributed by atoms with Crippen molar-refractivity contribution in [1.82, 2.24) is 4.98 Å². The number of nitrogens with one attached hydrogen (secondary N) is 1. The van der Waals surface area contributed by atoms with Crippen molar-refractivity contribution in [1.29, 1.82) is 0 Å². The number of nitro benzene ring substituents is 1. The van der Waals surface area contributed by atoms with Crippen LogP contribution in [0.5, 0.6) is 5.75 Å². The topological polar surface area (TPSA) is 118 Å². The molecule has 3 aromatic rings. The van der Waals surface area contributed by atoms with Crippen LogP contribution in [-0.4, -0.2) is 21.3 Å². The van der Waals surface area contributed by atoms with Gasteiger partial charge in [-0.2, -0.15) is 0 Å². The molecule has 0 atom stereocenters. The van der Waals surface area contributed by atoms with E-state index in [-0.39, 0.29) is 28.6 Å². The van der Waals surface area contributed by atoms with Crippen molar-refractivity contribution in [3.63, 3.8) is 0 Å². The predicted molar refractivity (Wildman–Crippen MR) is 91.4 cm³/mol. The first-order valence-corrected chi connectivity index (χ1v) is 7.31. The van der Waals surface area contributed by atoms with Gasteiger partial charge in [-0.15, -0.1) is 0 Å². The number of nitrogens with zero attached hydrogens (tertiary/aromatic N) is 2. The number of halogens is 1. The van der Waals surface area contributed by atoms with Gasteiger partial charge >= 0.3 is 0 Å². The molecule has 126 valence electrons. The number of phenols is 1. The van der Waals surface area contributed by atoms with Gasteiger partial charge in [0, 0.05) is 23.4 Å². The fraction of sp³-hybridized carbons (Fsp3) is 0. The Morgan fingerprint density at radius 2 is 2.12 bits per heavy atom. The molecule has 1 heterocycles. The number of hydrogen-bond donors (Lipinski definition) is 2. The number of oxazole rings is 1. The maximum atomic E-state index is 11.3. The number of carbonyl (C=O) groups excluding carboxylic acids is 1. The van der Waals surface area contributed by atoms with E-state index in [0.717, 1.165) is 12.1 Å². The van der Waals surface area contributed by atoms with E-state index in [2.05, 4.69) is 10.3 Å². The zero-order valence-electron chi connectivity index (χ0n) is 12.5. The van der Waals surface area contributed by atoms with E-state index in [1.807, 2.05) is 0 Å². The van der Waals surface area contributed by atoms with Crippen molar-refractivity contribution in [3.05, 3.63) is 63.6 Å². The SMILES string of the molecule is O=C/C(=C/Nc1cc([N+](=O)[O-])ccc1O)c1nc2cc(Cl)ccc2o1. The zero-order chi connectivity index (χ0) is 18.0. The third kappa shape index (κ3) is 3.43. The summed E-state index contributed by atoms with van der Waals surface area (Å²) in [6.45, 7) is 0. The van der Waals surface area contributed by atoms with Gasteiger partial charge in [0.2, 0.25) is 5.89 Å². The summed E-state index contributed by atoms with van der Waals surface area (Å²) in [5, 5.41) is 23.7. The summed E-state index contributed by atoms with van der Waals surface area (Å²) in [4.78, 5) is 25.7. The largest absolute Gasteiger partial charge is 0.506 e. The lowest BCUT2D eigenvalue weighted by molar-refractivity contribution is -0.384. The van der Waals surface area contributed by atoms with Gasteiger partial charge in [-0.25, -0.2) is 4.98 Å². The van der Waals surface area contributed by atoms with E-state index in [0.29, 0.717) is 22.4 Å². The molecular weight excluding hydrogens is 350 g/mol. The van der Waals surface area contributed by atoms with Crippen molar-refractivity contribution in [2.75, 3.05) is 5.32 Å². The number of non-ortho nitro benzene ring substituents is 1. The minimum Gasteiger partial charge on any atom is -0.506 e. The van der Waals surface area contributed by atoms with Crippen molar-refractivity contribution in [3.8, 4) is 5.75 Å².